The second kappa shape index (κ2) is 8.75. The summed E-state index contributed by atoms with van der Waals surface area (Å²) in [5, 5.41) is 12.5. The quantitative estimate of drug-likeness (QED) is 0.225. The van der Waals surface area contributed by atoms with Gasteiger partial charge < -0.3 is 14.6 Å². The number of rotatable bonds is 4. The maximum atomic E-state index is 13.4. The van der Waals surface area contributed by atoms with Crippen molar-refractivity contribution in [3.8, 4) is 17.2 Å². The van der Waals surface area contributed by atoms with E-state index in [1.807, 2.05) is 97.1 Å². The lowest BCUT2D eigenvalue weighted by Crippen LogP contribution is -2.34. The fourth-order valence-corrected chi connectivity index (χ4v) is 4.77. The zero-order chi connectivity index (χ0) is 24.5. The van der Waals surface area contributed by atoms with Crippen LogP contribution in [0.1, 0.15) is 27.0 Å². The summed E-state index contributed by atoms with van der Waals surface area (Å²) in [5.41, 5.74) is 1.52. The first kappa shape index (κ1) is 21.7. The molecule has 5 aromatic rings. The summed E-state index contributed by atoms with van der Waals surface area (Å²) in [6.07, 6.45) is 3.79. The molecule has 0 aromatic heterocycles. The molecule has 1 N–H and O–H groups in total. The highest BCUT2D eigenvalue weighted by atomic mass is 16.5. The Morgan fingerprint density at radius 2 is 1.22 bits per heavy atom. The van der Waals surface area contributed by atoms with Crippen molar-refractivity contribution in [1.29, 1.82) is 0 Å². The maximum absolute atomic E-state index is 13.4. The number of hydrogen-bond acceptors (Lipinski definition) is 4. The van der Waals surface area contributed by atoms with Crippen LogP contribution in [-0.2, 0) is 5.60 Å². The molecule has 5 aromatic carbocycles. The van der Waals surface area contributed by atoms with Crippen LogP contribution in [0.15, 0.2) is 121 Å². The van der Waals surface area contributed by atoms with Crippen LogP contribution in [-0.4, -0.2) is 11.1 Å². The van der Waals surface area contributed by atoms with E-state index in [0.717, 1.165) is 11.1 Å². The van der Waals surface area contributed by atoms with Gasteiger partial charge in [0.25, 0.3) is 0 Å². The van der Waals surface area contributed by atoms with Crippen LogP contribution in [0.3, 0.4) is 0 Å². The van der Waals surface area contributed by atoms with E-state index in [4.69, 9.17) is 9.47 Å². The highest BCUT2D eigenvalue weighted by Gasteiger charge is 2.39. The molecule has 0 amide bonds. The molecule has 0 unspecified atom stereocenters. The monoisotopic (exact) mass is 470 g/mol. The third kappa shape index (κ3) is 3.51. The lowest BCUT2D eigenvalue weighted by atomic mass is 9.82. The topological polar surface area (TPSA) is 55.8 Å². The molecular formula is C32H22O4. The molecule has 0 bridgehead atoms. The van der Waals surface area contributed by atoms with Gasteiger partial charge in [-0.25, -0.2) is 4.79 Å². The van der Waals surface area contributed by atoms with E-state index in [9.17, 15) is 9.90 Å². The molecule has 4 heteroatoms. The van der Waals surface area contributed by atoms with Crippen molar-refractivity contribution in [3.63, 3.8) is 0 Å². The first-order valence-corrected chi connectivity index (χ1v) is 11.7. The van der Waals surface area contributed by atoms with Crippen molar-refractivity contribution in [2.45, 2.75) is 5.60 Å². The van der Waals surface area contributed by atoms with E-state index >= 15 is 0 Å². The van der Waals surface area contributed by atoms with Gasteiger partial charge in [-0.3, -0.25) is 0 Å². The Bertz CT molecular complexity index is 1550. The van der Waals surface area contributed by atoms with Crippen molar-refractivity contribution < 1.29 is 19.4 Å². The summed E-state index contributed by atoms with van der Waals surface area (Å²) >= 11 is 0. The van der Waals surface area contributed by atoms with Gasteiger partial charge in [0.1, 0.15) is 22.8 Å². The van der Waals surface area contributed by atoms with Gasteiger partial charge in [-0.15, -0.1) is 0 Å². The molecule has 0 saturated heterocycles. The van der Waals surface area contributed by atoms with Crippen molar-refractivity contribution in [2.24, 2.45) is 0 Å². The second-order valence-corrected chi connectivity index (χ2v) is 8.62. The van der Waals surface area contributed by atoms with Crippen LogP contribution >= 0.6 is 0 Å². The molecule has 0 fully saturated rings. The largest absolute Gasteiger partial charge is 0.506 e. The van der Waals surface area contributed by atoms with Crippen LogP contribution in [0.5, 0.6) is 17.2 Å². The number of esters is 1. The van der Waals surface area contributed by atoms with Crippen molar-refractivity contribution in [1.82, 2.24) is 0 Å². The summed E-state index contributed by atoms with van der Waals surface area (Å²) in [6, 6.07) is 36.1. The number of hydrogen-bond donors (Lipinski definition) is 1. The predicted octanol–water partition coefficient (Wildman–Crippen LogP) is 7.11. The van der Waals surface area contributed by atoms with Crippen LogP contribution in [0.4, 0.5) is 0 Å². The Balaban J connectivity index is 1.59. The van der Waals surface area contributed by atoms with Crippen LogP contribution < -0.4 is 9.47 Å². The number of fused-ring (bicyclic) bond motifs is 3. The Hall–Kier alpha value is -4.83. The first-order valence-electron chi connectivity index (χ1n) is 11.7. The predicted molar refractivity (Wildman–Crippen MR) is 140 cm³/mol. The average molecular weight is 471 g/mol. The van der Waals surface area contributed by atoms with Gasteiger partial charge in [-0.05, 0) is 24.3 Å². The normalized spacial score (nSPS) is 13.6. The van der Waals surface area contributed by atoms with E-state index in [-0.39, 0.29) is 11.3 Å². The molecule has 1 aliphatic rings. The van der Waals surface area contributed by atoms with Gasteiger partial charge in [-0.1, -0.05) is 103 Å². The number of ether oxygens (including phenoxy) is 2. The van der Waals surface area contributed by atoms with E-state index in [1.165, 1.54) is 0 Å². The molecular weight excluding hydrogens is 448 g/mol. The van der Waals surface area contributed by atoms with Crippen molar-refractivity contribution >= 4 is 22.8 Å². The molecule has 0 saturated carbocycles. The van der Waals surface area contributed by atoms with Crippen LogP contribution in [0, 0.1) is 0 Å². The molecule has 1 aliphatic heterocycles. The number of aromatic hydroxyl groups is 1. The SMILES string of the molecule is O=C(Oc1ccccc1)c1c2c(c3ccccc3c1O)OC(c1ccccc1)(c1ccccc1)C=C2. The molecule has 0 spiro atoms. The number of phenolic OH excluding ortho intramolecular Hbond substituents is 1. The van der Waals surface area contributed by atoms with Crippen LogP contribution in [0.2, 0.25) is 0 Å². The van der Waals surface area contributed by atoms with Gasteiger partial charge in [-0.2, -0.15) is 0 Å². The summed E-state index contributed by atoms with van der Waals surface area (Å²) in [4.78, 5) is 13.4. The van der Waals surface area contributed by atoms with Gasteiger partial charge in [0.05, 0.1) is 0 Å². The van der Waals surface area contributed by atoms with Gasteiger partial charge >= 0.3 is 5.97 Å². The highest BCUT2D eigenvalue weighted by molar-refractivity contribution is 6.09. The number of para-hydroxylation sites is 1. The fourth-order valence-electron chi connectivity index (χ4n) is 4.77. The Morgan fingerprint density at radius 3 is 1.83 bits per heavy atom. The molecule has 1 heterocycles. The molecule has 0 atom stereocenters. The Kier molecular flexibility index (Phi) is 5.27. The van der Waals surface area contributed by atoms with Gasteiger partial charge in [0, 0.05) is 27.5 Å². The number of phenols is 1. The van der Waals surface area contributed by atoms with E-state index in [2.05, 4.69) is 0 Å². The Labute approximate surface area is 208 Å². The lowest BCUT2D eigenvalue weighted by molar-refractivity contribution is 0.0730. The standard InChI is InChI=1S/C32H22O4/c33-29-25-18-10-11-19-26(25)30-27(28(29)31(34)35-24-16-8-3-9-17-24)20-21-32(36-30,22-12-4-1-5-13-22)23-14-6-2-7-15-23/h1-21,33H. The van der Waals surface area contributed by atoms with E-state index < -0.39 is 11.6 Å². The first-order chi connectivity index (χ1) is 17.7. The molecule has 36 heavy (non-hydrogen) atoms. The zero-order valence-corrected chi connectivity index (χ0v) is 19.3. The highest BCUT2D eigenvalue weighted by Crippen LogP contribution is 2.49. The minimum atomic E-state index is -0.921. The molecule has 6 rings (SSSR count). The maximum Gasteiger partial charge on any atom is 0.348 e. The Morgan fingerprint density at radius 1 is 0.694 bits per heavy atom. The van der Waals surface area contributed by atoms with E-state index in [1.54, 1.807) is 30.3 Å². The van der Waals surface area contributed by atoms with Crippen molar-refractivity contribution in [2.75, 3.05) is 0 Å². The zero-order valence-electron chi connectivity index (χ0n) is 19.3. The van der Waals surface area contributed by atoms with Gasteiger partial charge in [0.15, 0.2) is 5.60 Å². The summed E-state index contributed by atoms with van der Waals surface area (Å²) in [5.74, 6) is 0.123. The summed E-state index contributed by atoms with van der Waals surface area (Å²) in [6.45, 7) is 0. The second-order valence-electron chi connectivity index (χ2n) is 8.62. The van der Waals surface area contributed by atoms with E-state index in [0.29, 0.717) is 27.8 Å². The number of benzene rings is 5. The fraction of sp³-hybridized carbons (Fsp3) is 0.0312. The molecule has 0 radical (unpaired) electrons. The summed E-state index contributed by atoms with van der Waals surface area (Å²) in [7, 11) is 0. The lowest BCUT2D eigenvalue weighted by Gasteiger charge is -2.37. The number of carbonyl (C=O) groups is 1. The molecule has 0 aliphatic carbocycles. The minimum absolute atomic E-state index is 0.0681. The minimum Gasteiger partial charge on any atom is -0.506 e. The number of carbonyl (C=O) groups excluding carboxylic acids is 1. The smallest absolute Gasteiger partial charge is 0.348 e. The van der Waals surface area contributed by atoms with Gasteiger partial charge in [0.2, 0.25) is 0 Å². The molecule has 4 nitrogen and oxygen atoms in total. The van der Waals surface area contributed by atoms with Crippen molar-refractivity contribution in [3.05, 3.63) is 144 Å². The molecule has 174 valence electrons. The van der Waals surface area contributed by atoms with Crippen LogP contribution in [0.25, 0.3) is 16.8 Å². The summed E-state index contributed by atoms with van der Waals surface area (Å²) < 4.78 is 12.5. The third-order valence-electron chi connectivity index (χ3n) is 6.49. The average Bonchev–Trinajstić information content (AvgIpc) is 2.94. The third-order valence-corrected chi connectivity index (χ3v) is 6.49.